The van der Waals surface area contributed by atoms with Crippen LogP contribution in [0.2, 0.25) is 0 Å². The number of para-hydroxylation sites is 1. The smallest absolute Gasteiger partial charge is 0.326 e. The van der Waals surface area contributed by atoms with E-state index in [0.717, 1.165) is 22.0 Å². The number of halogens is 1. The summed E-state index contributed by atoms with van der Waals surface area (Å²) in [4.78, 5) is 40.1. The van der Waals surface area contributed by atoms with Gasteiger partial charge < -0.3 is 31.1 Å². The Hall–Kier alpha value is -4.24. The van der Waals surface area contributed by atoms with Crippen molar-refractivity contribution in [2.24, 2.45) is 5.92 Å². The summed E-state index contributed by atoms with van der Waals surface area (Å²) in [6.07, 6.45) is 5.18. The van der Waals surface area contributed by atoms with Crippen molar-refractivity contribution in [1.29, 1.82) is 0 Å². The van der Waals surface area contributed by atoms with Crippen LogP contribution in [0.15, 0.2) is 77.6 Å². The van der Waals surface area contributed by atoms with Crippen LogP contribution in [-0.4, -0.2) is 39.1 Å². The van der Waals surface area contributed by atoms with Crippen molar-refractivity contribution in [2.45, 2.75) is 25.4 Å². The molecule has 2 atom stereocenters. The molecule has 4 rings (SSSR count). The van der Waals surface area contributed by atoms with Gasteiger partial charge in [-0.1, -0.05) is 48.0 Å². The molecule has 0 spiro atoms. The number of fused-ring (bicyclic) bond motifs is 1. The van der Waals surface area contributed by atoms with Crippen LogP contribution in [0.5, 0.6) is 5.75 Å². The quantitative estimate of drug-likeness (QED) is 0.276. The highest BCUT2D eigenvalue weighted by Gasteiger charge is 2.29. The van der Waals surface area contributed by atoms with Gasteiger partial charge in [-0.05, 0) is 41.8 Å². The van der Waals surface area contributed by atoms with E-state index in [2.05, 4.69) is 20.9 Å². The standard InChI is InChI=1S/C26H25ClN4O5/c27-21-12-17(30-26(36)29-13-15-4-3-5-18(32)10-15)8-9-20(21)24(33)31-23(25(34)35)11-16-14-28-22-7-2-1-6-19(16)22/h1-8,10,12,14,20,23,28,32H,9,11,13H2,(H,31,33)(H,34,35)(H2,29,30,36)/t20?,23-/m0/s1. The van der Waals surface area contributed by atoms with Gasteiger partial charge in [0, 0.05) is 40.8 Å². The first kappa shape index (κ1) is 24.9. The van der Waals surface area contributed by atoms with Crippen molar-refractivity contribution >= 4 is 40.4 Å². The SMILES string of the molecule is O=C(NCc1cccc(O)c1)NC1=CCC(C(=O)N[C@@H](Cc2c[nH]c3ccccc23)C(=O)O)C(Cl)=C1. The molecule has 3 amide bonds. The number of hydrogen-bond donors (Lipinski definition) is 6. The van der Waals surface area contributed by atoms with E-state index in [1.807, 2.05) is 24.3 Å². The first-order valence-corrected chi connectivity index (χ1v) is 11.7. The number of phenolic OH excluding ortho intramolecular Hbond substituents is 1. The molecular formula is C26H25ClN4O5. The Morgan fingerprint density at radius 1 is 1.14 bits per heavy atom. The number of carboxylic acids is 1. The molecule has 1 aliphatic carbocycles. The minimum atomic E-state index is -1.15. The minimum absolute atomic E-state index is 0.107. The van der Waals surface area contributed by atoms with Crippen LogP contribution in [0.3, 0.4) is 0 Å². The number of rotatable bonds is 8. The summed E-state index contributed by atoms with van der Waals surface area (Å²) in [5.74, 6) is -2.31. The molecule has 2 aromatic carbocycles. The average Bonchev–Trinajstić information content (AvgIpc) is 3.25. The molecule has 3 aromatic rings. The number of aromatic amines is 1. The van der Waals surface area contributed by atoms with Crippen molar-refractivity contribution in [3.05, 3.63) is 88.7 Å². The Balaban J connectivity index is 1.33. The third kappa shape index (κ3) is 6.05. The van der Waals surface area contributed by atoms with Gasteiger partial charge in [0.2, 0.25) is 5.91 Å². The average molecular weight is 509 g/mol. The van der Waals surface area contributed by atoms with Crippen LogP contribution >= 0.6 is 11.6 Å². The van der Waals surface area contributed by atoms with Crippen molar-refractivity contribution < 1.29 is 24.6 Å². The van der Waals surface area contributed by atoms with E-state index >= 15 is 0 Å². The number of aromatic hydroxyl groups is 1. The van der Waals surface area contributed by atoms with Crippen LogP contribution in [-0.2, 0) is 22.6 Å². The lowest BCUT2D eigenvalue weighted by atomic mass is 9.97. The van der Waals surface area contributed by atoms with E-state index in [1.165, 1.54) is 12.1 Å². The largest absolute Gasteiger partial charge is 0.508 e. The molecule has 1 unspecified atom stereocenters. The number of carbonyl (C=O) groups excluding carboxylic acids is 2. The van der Waals surface area contributed by atoms with E-state index in [4.69, 9.17) is 11.6 Å². The zero-order chi connectivity index (χ0) is 25.7. The monoisotopic (exact) mass is 508 g/mol. The first-order chi connectivity index (χ1) is 17.3. The summed E-state index contributed by atoms with van der Waals surface area (Å²) in [6, 6.07) is 12.5. The van der Waals surface area contributed by atoms with Gasteiger partial charge in [-0.2, -0.15) is 0 Å². The fourth-order valence-corrected chi connectivity index (χ4v) is 4.31. The van der Waals surface area contributed by atoms with Crippen LogP contribution in [0.4, 0.5) is 4.79 Å². The Labute approximate surface area is 211 Å². The molecule has 10 heteroatoms. The van der Waals surface area contributed by atoms with Gasteiger partial charge in [0.05, 0.1) is 5.92 Å². The molecule has 0 radical (unpaired) electrons. The highest BCUT2D eigenvalue weighted by Crippen LogP contribution is 2.27. The van der Waals surface area contributed by atoms with E-state index in [1.54, 1.807) is 30.5 Å². The van der Waals surface area contributed by atoms with Crippen LogP contribution in [0, 0.1) is 5.92 Å². The van der Waals surface area contributed by atoms with Gasteiger partial charge in [-0.25, -0.2) is 9.59 Å². The number of hydrogen-bond acceptors (Lipinski definition) is 4. The second kappa shape index (κ2) is 11.0. The van der Waals surface area contributed by atoms with Gasteiger partial charge in [-0.15, -0.1) is 0 Å². The number of amides is 3. The second-order valence-corrected chi connectivity index (χ2v) is 8.85. The van der Waals surface area contributed by atoms with Crippen molar-refractivity contribution in [1.82, 2.24) is 20.9 Å². The summed E-state index contributed by atoms with van der Waals surface area (Å²) in [5.41, 5.74) is 2.82. The second-order valence-electron chi connectivity index (χ2n) is 8.42. The molecule has 0 bridgehead atoms. The minimum Gasteiger partial charge on any atom is -0.508 e. The summed E-state index contributed by atoms with van der Waals surface area (Å²) in [6.45, 7) is 0.211. The van der Waals surface area contributed by atoms with Gasteiger partial charge in [0.1, 0.15) is 11.8 Å². The lowest BCUT2D eigenvalue weighted by Crippen LogP contribution is -2.45. The van der Waals surface area contributed by atoms with Crippen LogP contribution in [0.1, 0.15) is 17.5 Å². The third-order valence-electron chi connectivity index (χ3n) is 5.85. The van der Waals surface area contributed by atoms with Crippen LogP contribution in [0.25, 0.3) is 10.9 Å². The molecule has 9 nitrogen and oxygen atoms in total. The lowest BCUT2D eigenvalue weighted by molar-refractivity contribution is -0.142. The fraction of sp³-hybridized carbons (Fsp3) is 0.192. The van der Waals surface area contributed by atoms with E-state index < -0.39 is 29.9 Å². The van der Waals surface area contributed by atoms with Gasteiger partial charge >= 0.3 is 12.0 Å². The molecule has 186 valence electrons. The maximum atomic E-state index is 12.9. The molecule has 0 saturated carbocycles. The molecule has 1 heterocycles. The van der Waals surface area contributed by atoms with E-state index in [9.17, 15) is 24.6 Å². The molecule has 6 N–H and O–H groups in total. The summed E-state index contributed by atoms with van der Waals surface area (Å²) in [7, 11) is 0. The Morgan fingerprint density at radius 2 is 1.94 bits per heavy atom. The van der Waals surface area contributed by atoms with Crippen molar-refractivity contribution in [2.75, 3.05) is 0 Å². The number of allylic oxidation sites excluding steroid dienone is 2. The number of carboxylic acid groups (broad SMARTS) is 1. The molecule has 1 aliphatic rings. The van der Waals surface area contributed by atoms with E-state index in [0.29, 0.717) is 5.70 Å². The number of aromatic nitrogens is 1. The summed E-state index contributed by atoms with van der Waals surface area (Å²) < 4.78 is 0. The maximum Gasteiger partial charge on any atom is 0.326 e. The third-order valence-corrected chi connectivity index (χ3v) is 6.22. The van der Waals surface area contributed by atoms with E-state index in [-0.39, 0.29) is 30.2 Å². The molecule has 0 saturated heterocycles. The number of phenols is 1. The molecule has 0 aliphatic heterocycles. The molecule has 36 heavy (non-hydrogen) atoms. The highest BCUT2D eigenvalue weighted by atomic mass is 35.5. The highest BCUT2D eigenvalue weighted by molar-refractivity contribution is 6.31. The zero-order valence-corrected chi connectivity index (χ0v) is 19.9. The normalized spacial score (nSPS) is 16.0. The number of carbonyl (C=O) groups is 3. The summed E-state index contributed by atoms with van der Waals surface area (Å²) >= 11 is 6.34. The van der Waals surface area contributed by atoms with Crippen molar-refractivity contribution in [3.8, 4) is 5.75 Å². The number of urea groups is 1. The number of benzene rings is 2. The number of H-pyrrole nitrogens is 1. The molecular weight excluding hydrogens is 484 g/mol. The first-order valence-electron chi connectivity index (χ1n) is 11.3. The Bertz CT molecular complexity index is 1360. The molecule has 0 fully saturated rings. The predicted octanol–water partition coefficient (Wildman–Crippen LogP) is 3.51. The number of aliphatic carboxylic acids is 1. The molecule has 1 aromatic heterocycles. The van der Waals surface area contributed by atoms with Gasteiger partial charge in [-0.3, -0.25) is 4.79 Å². The fourth-order valence-electron chi connectivity index (χ4n) is 4.00. The van der Waals surface area contributed by atoms with Crippen LogP contribution < -0.4 is 16.0 Å². The summed E-state index contributed by atoms with van der Waals surface area (Å²) in [5, 5.41) is 28.2. The maximum absolute atomic E-state index is 12.9. The topological polar surface area (TPSA) is 144 Å². The Kier molecular flexibility index (Phi) is 7.60. The van der Waals surface area contributed by atoms with Gasteiger partial charge in [0.25, 0.3) is 0 Å². The number of nitrogens with one attached hydrogen (secondary N) is 4. The predicted molar refractivity (Wildman–Crippen MR) is 135 cm³/mol. The lowest BCUT2D eigenvalue weighted by Gasteiger charge is -2.22. The Morgan fingerprint density at radius 3 is 2.69 bits per heavy atom. The van der Waals surface area contributed by atoms with Gasteiger partial charge in [0.15, 0.2) is 0 Å². The van der Waals surface area contributed by atoms with Crippen molar-refractivity contribution in [3.63, 3.8) is 0 Å². The zero-order valence-electron chi connectivity index (χ0n) is 19.1.